The maximum absolute atomic E-state index is 3.69. The van der Waals surface area contributed by atoms with Crippen LogP contribution >= 0.6 is 0 Å². The third kappa shape index (κ3) is 4.00. The van der Waals surface area contributed by atoms with Crippen LogP contribution in [0.1, 0.15) is 20.3 Å². The minimum Gasteiger partial charge on any atom is -0.0628 e. The monoisotopic (exact) mass is 71.1 g/mol. The van der Waals surface area contributed by atoms with Crippen LogP contribution in [0.3, 0.4) is 0 Å². The Morgan fingerprint density at radius 3 is 1.80 bits per heavy atom. The highest BCUT2D eigenvalue weighted by Gasteiger charge is 1.80. The average Bonchev–Trinajstić information content (AvgIpc) is 1.38. The van der Waals surface area contributed by atoms with E-state index in [1.54, 1.807) is 0 Å². The molecule has 1 radical (unpaired) electrons. The average molecular weight is 71.1 g/mol. The zero-order chi connectivity index (χ0) is 4.28. The molecule has 0 amide bonds. The third-order valence-corrected chi connectivity index (χ3v) is 0.577. The van der Waals surface area contributed by atoms with Gasteiger partial charge in [-0.25, -0.2) is 0 Å². The van der Waals surface area contributed by atoms with Gasteiger partial charge in [-0.2, -0.15) is 0 Å². The van der Waals surface area contributed by atoms with Crippen molar-refractivity contribution in [2.45, 2.75) is 20.3 Å². The molecule has 0 aromatic heterocycles. The Labute approximate surface area is 34.2 Å². The molecule has 0 aromatic carbocycles. The van der Waals surface area contributed by atoms with Crippen LogP contribution in [0.2, 0.25) is 0 Å². The largest absolute Gasteiger partial charge is 0.0628 e. The van der Waals surface area contributed by atoms with E-state index >= 15 is 0 Å². The molecule has 0 fully saturated rings. The Kier molecular flexibility index (Phi) is 2.25. The summed E-state index contributed by atoms with van der Waals surface area (Å²) in [6.07, 6.45) is 1.06. The van der Waals surface area contributed by atoms with Crippen LogP contribution in [0.5, 0.6) is 0 Å². The van der Waals surface area contributed by atoms with Crippen molar-refractivity contribution >= 4 is 0 Å². The van der Waals surface area contributed by atoms with Crippen molar-refractivity contribution in [2.24, 2.45) is 5.92 Å². The van der Waals surface area contributed by atoms with Crippen LogP contribution < -0.4 is 0 Å². The lowest BCUT2D eigenvalue weighted by Gasteiger charge is -1.90. The topological polar surface area (TPSA) is 0 Å². The quantitative estimate of drug-likeness (QED) is 0.442. The van der Waals surface area contributed by atoms with Crippen LogP contribution in [0.25, 0.3) is 0 Å². The van der Waals surface area contributed by atoms with E-state index in [1.165, 1.54) is 0 Å². The van der Waals surface area contributed by atoms with Crippen molar-refractivity contribution in [1.82, 2.24) is 0 Å². The lowest BCUT2D eigenvalue weighted by molar-refractivity contribution is 0.661. The van der Waals surface area contributed by atoms with Gasteiger partial charge in [0, 0.05) is 0 Å². The van der Waals surface area contributed by atoms with Gasteiger partial charge in [-0.05, 0) is 5.92 Å². The molecule has 0 aliphatic carbocycles. The molecule has 0 nitrogen and oxygen atoms in total. The minimum atomic E-state index is 0.773. The zero-order valence-electron chi connectivity index (χ0n) is 3.99. The van der Waals surface area contributed by atoms with Gasteiger partial charge in [0.2, 0.25) is 0 Å². The Balaban J connectivity index is 2.54. The fourth-order valence-electron chi connectivity index (χ4n) is 0. The fourth-order valence-corrected chi connectivity index (χ4v) is 0. The predicted molar refractivity (Wildman–Crippen MR) is 24.8 cm³/mol. The second-order valence-electron chi connectivity index (χ2n) is 1.68. The first-order valence-electron chi connectivity index (χ1n) is 2.06. The maximum atomic E-state index is 3.69. The van der Waals surface area contributed by atoms with E-state index in [-0.39, 0.29) is 0 Å². The Bertz CT molecular complexity index is 14.0. The van der Waals surface area contributed by atoms with Crippen LogP contribution in [0.4, 0.5) is 0 Å². The summed E-state index contributed by atoms with van der Waals surface area (Å²) in [6, 6.07) is 0. The third-order valence-electron chi connectivity index (χ3n) is 0.577. The Morgan fingerprint density at radius 2 is 1.80 bits per heavy atom. The van der Waals surface area contributed by atoms with Gasteiger partial charge in [0.25, 0.3) is 0 Å². The van der Waals surface area contributed by atoms with Gasteiger partial charge in [0.15, 0.2) is 0 Å². The van der Waals surface area contributed by atoms with Gasteiger partial charge in [0.1, 0.15) is 0 Å². The summed E-state index contributed by atoms with van der Waals surface area (Å²) in [6.45, 7) is 8.00. The predicted octanol–water partition coefficient (Wildman–Crippen LogP) is 1.87. The van der Waals surface area contributed by atoms with Crippen molar-refractivity contribution in [2.75, 3.05) is 0 Å². The molecule has 0 N–H and O–H groups in total. The highest BCUT2D eigenvalue weighted by atomic mass is 13.9. The maximum Gasteiger partial charge on any atom is -0.0471 e. The molecule has 0 saturated carbocycles. The van der Waals surface area contributed by atoms with E-state index in [0.29, 0.717) is 0 Å². The zero-order valence-corrected chi connectivity index (χ0v) is 3.99. The molecule has 31 valence electrons. The molecule has 0 aliphatic rings. The van der Waals surface area contributed by atoms with E-state index in [2.05, 4.69) is 20.8 Å². The lowest BCUT2D eigenvalue weighted by atomic mass is 10.2. The molecule has 0 aromatic rings. The fraction of sp³-hybridized carbons (Fsp3) is 0.800. The second-order valence-corrected chi connectivity index (χ2v) is 1.68. The van der Waals surface area contributed by atoms with Crippen molar-refractivity contribution in [3.63, 3.8) is 0 Å². The molecule has 0 saturated heterocycles. The van der Waals surface area contributed by atoms with E-state index < -0.39 is 0 Å². The highest BCUT2D eigenvalue weighted by molar-refractivity contribution is 4.42. The van der Waals surface area contributed by atoms with Crippen molar-refractivity contribution < 1.29 is 0 Å². The Hall–Kier alpha value is 0. The van der Waals surface area contributed by atoms with Crippen molar-refractivity contribution in [1.29, 1.82) is 0 Å². The smallest absolute Gasteiger partial charge is 0.0471 e. The summed E-state index contributed by atoms with van der Waals surface area (Å²) in [5.41, 5.74) is 0. The number of rotatable bonds is 1. The van der Waals surface area contributed by atoms with Gasteiger partial charge >= 0.3 is 0 Å². The number of hydrogen-bond donors (Lipinski definition) is 0. The van der Waals surface area contributed by atoms with Gasteiger partial charge < -0.3 is 0 Å². The molecule has 0 rings (SSSR count). The molecule has 0 atom stereocenters. The summed E-state index contributed by atoms with van der Waals surface area (Å²) >= 11 is 0. The molecule has 0 bridgehead atoms. The second kappa shape index (κ2) is 2.25. The van der Waals surface area contributed by atoms with Gasteiger partial charge in [0.05, 0.1) is 0 Å². The SMILES string of the molecule is [CH2]CC(C)C. The summed E-state index contributed by atoms with van der Waals surface area (Å²) in [5.74, 6) is 0.773. The van der Waals surface area contributed by atoms with Crippen LogP contribution in [0.15, 0.2) is 0 Å². The first-order valence-corrected chi connectivity index (χ1v) is 2.06. The van der Waals surface area contributed by atoms with Crippen LogP contribution in [0, 0.1) is 12.8 Å². The van der Waals surface area contributed by atoms with Gasteiger partial charge in [-0.15, -0.1) is 0 Å². The molecule has 0 heterocycles. The van der Waals surface area contributed by atoms with Crippen molar-refractivity contribution in [3.8, 4) is 0 Å². The van der Waals surface area contributed by atoms with Crippen molar-refractivity contribution in [3.05, 3.63) is 6.92 Å². The molecule has 0 unspecified atom stereocenters. The van der Waals surface area contributed by atoms with Crippen LogP contribution in [-0.2, 0) is 0 Å². The minimum absolute atomic E-state index is 0.773. The van der Waals surface area contributed by atoms with Gasteiger partial charge in [-0.3, -0.25) is 0 Å². The lowest BCUT2D eigenvalue weighted by Crippen LogP contribution is -1.77. The normalized spacial score (nSPS) is 9.60. The molecule has 0 aliphatic heterocycles. The first-order chi connectivity index (χ1) is 2.27. The summed E-state index contributed by atoms with van der Waals surface area (Å²) in [4.78, 5) is 0. The van der Waals surface area contributed by atoms with E-state index in [9.17, 15) is 0 Å². The first kappa shape index (κ1) is 5.00. The highest BCUT2D eigenvalue weighted by Crippen LogP contribution is 1.93. The Morgan fingerprint density at radius 1 is 1.60 bits per heavy atom. The van der Waals surface area contributed by atoms with E-state index in [0.717, 1.165) is 12.3 Å². The van der Waals surface area contributed by atoms with Crippen LogP contribution in [-0.4, -0.2) is 0 Å². The summed E-state index contributed by atoms with van der Waals surface area (Å²) < 4.78 is 0. The number of hydrogen-bond acceptors (Lipinski definition) is 0. The molecule has 0 spiro atoms. The van der Waals surface area contributed by atoms with E-state index in [4.69, 9.17) is 0 Å². The molecule has 0 heteroatoms. The summed E-state index contributed by atoms with van der Waals surface area (Å²) in [7, 11) is 0. The summed E-state index contributed by atoms with van der Waals surface area (Å²) in [5, 5.41) is 0. The van der Waals surface area contributed by atoms with E-state index in [1.807, 2.05) is 0 Å². The molecular weight excluding hydrogens is 60.1 g/mol. The molecular formula is C5H11. The molecule has 5 heavy (non-hydrogen) atoms. The standard InChI is InChI=1S/C5H11/c1-4-5(2)3/h5H,1,4H2,2-3H3. The van der Waals surface area contributed by atoms with Gasteiger partial charge in [-0.1, -0.05) is 27.2 Å².